The molecule has 1 nitrogen and oxygen atoms in total. The van der Waals surface area contributed by atoms with Crippen molar-refractivity contribution in [3.05, 3.63) is 176 Å². The zero-order valence-electron chi connectivity index (χ0n) is 25.2. The van der Waals surface area contributed by atoms with E-state index in [0.717, 1.165) is 10.9 Å². The maximum absolute atomic E-state index is 4.81. The molecule has 1 aromatic heterocycles. The van der Waals surface area contributed by atoms with E-state index in [1.165, 1.54) is 76.8 Å². The molecule has 0 saturated heterocycles. The standard InChI is InChI=1S/C45H29N/c1-3-12-30(13-4-1)42-38-20-7-8-21-39(38)43(31-14-5-2-6-15-31)41-29-35(25-26-40(41)42)34-17-9-18-36(28-34)37-22-10-16-32-23-24-33-19-11-27-46-45(33)44(32)37/h1-29H. The minimum atomic E-state index is 1.04. The lowest BCUT2D eigenvalue weighted by molar-refractivity contribution is 1.43. The first kappa shape index (κ1) is 26.4. The molecule has 0 bridgehead atoms. The fourth-order valence-corrected chi connectivity index (χ4v) is 7.21. The van der Waals surface area contributed by atoms with Gasteiger partial charge in [-0.15, -0.1) is 0 Å². The van der Waals surface area contributed by atoms with Crippen LogP contribution in [0.4, 0.5) is 0 Å². The maximum Gasteiger partial charge on any atom is 0.0786 e. The van der Waals surface area contributed by atoms with Gasteiger partial charge in [-0.3, -0.25) is 4.98 Å². The first-order valence-corrected chi connectivity index (χ1v) is 15.8. The Hall–Kier alpha value is -6.05. The normalized spacial score (nSPS) is 11.5. The van der Waals surface area contributed by atoms with Crippen molar-refractivity contribution in [2.45, 2.75) is 0 Å². The van der Waals surface area contributed by atoms with Crippen molar-refractivity contribution < 1.29 is 0 Å². The van der Waals surface area contributed by atoms with E-state index in [0.29, 0.717) is 0 Å². The van der Waals surface area contributed by atoms with Crippen molar-refractivity contribution in [1.82, 2.24) is 4.98 Å². The SMILES string of the molecule is c1ccc(-c2c3ccccc3c(-c3ccccc3)c3cc(-c4cccc(-c5cccc6ccc7cccnc7c56)c4)ccc23)cc1. The molecule has 0 unspecified atom stereocenters. The van der Waals surface area contributed by atoms with Crippen LogP contribution in [0.2, 0.25) is 0 Å². The minimum Gasteiger partial charge on any atom is -0.256 e. The molecule has 8 aromatic carbocycles. The van der Waals surface area contributed by atoms with Crippen molar-refractivity contribution in [2.75, 3.05) is 0 Å². The highest BCUT2D eigenvalue weighted by Gasteiger charge is 2.17. The summed E-state index contributed by atoms with van der Waals surface area (Å²) < 4.78 is 0. The lowest BCUT2D eigenvalue weighted by Crippen LogP contribution is -1.92. The first-order valence-electron chi connectivity index (χ1n) is 15.8. The fourth-order valence-electron chi connectivity index (χ4n) is 7.21. The molecule has 0 aliphatic carbocycles. The molecule has 0 amide bonds. The molecule has 1 heterocycles. The van der Waals surface area contributed by atoms with Crippen LogP contribution in [-0.2, 0) is 0 Å². The molecule has 0 N–H and O–H groups in total. The third-order valence-electron chi connectivity index (χ3n) is 9.27. The second-order valence-electron chi connectivity index (χ2n) is 11.9. The third kappa shape index (κ3) is 4.29. The van der Waals surface area contributed by atoms with Gasteiger partial charge >= 0.3 is 0 Å². The Morgan fingerprint density at radius 2 is 0.891 bits per heavy atom. The smallest absolute Gasteiger partial charge is 0.0786 e. The van der Waals surface area contributed by atoms with Crippen LogP contribution in [0.1, 0.15) is 0 Å². The predicted octanol–water partition coefficient (Wildman–Crippen LogP) is 12.4. The fraction of sp³-hybridized carbons (Fsp3) is 0. The van der Waals surface area contributed by atoms with E-state index < -0.39 is 0 Å². The summed E-state index contributed by atoms with van der Waals surface area (Å²) in [6, 6.07) is 61.5. The molecule has 214 valence electrons. The Morgan fingerprint density at radius 3 is 1.65 bits per heavy atom. The first-order chi connectivity index (χ1) is 22.8. The minimum absolute atomic E-state index is 1.04. The van der Waals surface area contributed by atoms with Gasteiger partial charge in [-0.2, -0.15) is 0 Å². The average molecular weight is 584 g/mol. The van der Waals surface area contributed by atoms with Crippen molar-refractivity contribution in [3.63, 3.8) is 0 Å². The molecule has 9 aromatic rings. The predicted molar refractivity (Wildman–Crippen MR) is 196 cm³/mol. The summed E-state index contributed by atoms with van der Waals surface area (Å²) in [6.07, 6.45) is 1.89. The highest BCUT2D eigenvalue weighted by atomic mass is 14.6. The summed E-state index contributed by atoms with van der Waals surface area (Å²) in [4.78, 5) is 4.81. The Morgan fingerprint density at radius 1 is 0.326 bits per heavy atom. The van der Waals surface area contributed by atoms with E-state index in [4.69, 9.17) is 4.98 Å². The van der Waals surface area contributed by atoms with Crippen LogP contribution < -0.4 is 0 Å². The van der Waals surface area contributed by atoms with Crippen LogP contribution in [-0.4, -0.2) is 4.98 Å². The van der Waals surface area contributed by atoms with Crippen molar-refractivity contribution in [2.24, 2.45) is 0 Å². The van der Waals surface area contributed by atoms with Crippen LogP contribution in [0.25, 0.3) is 87.7 Å². The quantitative estimate of drug-likeness (QED) is 0.148. The van der Waals surface area contributed by atoms with E-state index in [-0.39, 0.29) is 0 Å². The molecular formula is C45H29N. The van der Waals surface area contributed by atoms with Crippen LogP contribution in [0.15, 0.2) is 176 Å². The van der Waals surface area contributed by atoms with Gasteiger partial charge in [-0.25, -0.2) is 0 Å². The van der Waals surface area contributed by atoms with Crippen LogP contribution in [0.5, 0.6) is 0 Å². The maximum atomic E-state index is 4.81. The summed E-state index contributed by atoms with van der Waals surface area (Å²) in [7, 11) is 0. The van der Waals surface area contributed by atoms with Gasteiger partial charge < -0.3 is 0 Å². The molecule has 0 spiro atoms. The second kappa shape index (κ2) is 10.8. The summed E-state index contributed by atoms with van der Waals surface area (Å²) in [5.41, 5.74) is 10.8. The van der Waals surface area contributed by atoms with Gasteiger partial charge in [0.2, 0.25) is 0 Å². The zero-order valence-corrected chi connectivity index (χ0v) is 25.2. The van der Waals surface area contributed by atoms with Crippen LogP contribution in [0, 0.1) is 0 Å². The number of hydrogen-bond donors (Lipinski definition) is 0. The second-order valence-corrected chi connectivity index (χ2v) is 11.9. The summed E-state index contributed by atoms with van der Waals surface area (Å²) >= 11 is 0. The third-order valence-corrected chi connectivity index (χ3v) is 9.27. The Labute approximate surface area is 268 Å². The lowest BCUT2D eigenvalue weighted by Gasteiger charge is -2.19. The van der Waals surface area contributed by atoms with Crippen LogP contribution >= 0.6 is 0 Å². The van der Waals surface area contributed by atoms with E-state index >= 15 is 0 Å². The molecule has 0 fully saturated rings. The van der Waals surface area contributed by atoms with E-state index in [2.05, 4.69) is 164 Å². The Bertz CT molecular complexity index is 2570. The summed E-state index contributed by atoms with van der Waals surface area (Å²) in [5.74, 6) is 0. The molecule has 0 atom stereocenters. The van der Waals surface area contributed by atoms with Gasteiger partial charge in [0.05, 0.1) is 5.52 Å². The van der Waals surface area contributed by atoms with Crippen molar-refractivity contribution in [3.8, 4) is 44.5 Å². The number of benzene rings is 8. The Kier molecular flexibility index (Phi) is 6.21. The van der Waals surface area contributed by atoms with E-state index in [9.17, 15) is 0 Å². The van der Waals surface area contributed by atoms with Crippen LogP contribution in [0.3, 0.4) is 0 Å². The molecule has 0 radical (unpaired) electrons. The lowest BCUT2D eigenvalue weighted by atomic mass is 9.84. The van der Waals surface area contributed by atoms with Crippen molar-refractivity contribution >= 4 is 43.2 Å². The highest BCUT2D eigenvalue weighted by molar-refractivity contribution is 6.22. The number of hydrogen-bond acceptors (Lipinski definition) is 1. The molecule has 1 heteroatoms. The number of nitrogens with zero attached hydrogens (tertiary/aromatic N) is 1. The van der Waals surface area contributed by atoms with Gasteiger partial charge in [0.1, 0.15) is 0 Å². The van der Waals surface area contributed by atoms with Crippen molar-refractivity contribution in [1.29, 1.82) is 0 Å². The average Bonchev–Trinajstić information content (AvgIpc) is 3.14. The number of rotatable bonds is 4. The molecule has 46 heavy (non-hydrogen) atoms. The van der Waals surface area contributed by atoms with E-state index in [1.54, 1.807) is 0 Å². The number of pyridine rings is 1. The number of fused-ring (bicyclic) bond motifs is 5. The molecule has 0 saturated carbocycles. The highest BCUT2D eigenvalue weighted by Crippen LogP contribution is 2.45. The van der Waals surface area contributed by atoms with Gasteiger partial charge in [0.15, 0.2) is 0 Å². The van der Waals surface area contributed by atoms with Gasteiger partial charge in [0.25, 0.3) is 0 Å². The molecule has 0 aliphatic heterocycles. The molecule has 9 rings (SSSR count). The monoisotopic (exact) mass is 583 g/mol. The van der Waals surface area contributed by atoms with Gasteiger partial charge in [-0.1, -0.05) is 152 Å². The topological polar surface area (TPSA) is 12.9 Å². The summed E-state index contributed by atoms with van der Waals surface area (Å²) in [5, 5.41) is 8.60. The molecule has 0 aliphatic rings. The van der Waals surface area contributed by atoms with Gasteiger partial charge in [0, 0.05) is 17.0 Å². The summed E-state index contributed by atoms with van der Waals surface area (Å²) in [6.45, 7) is 0. The Balaban J connectivity index is 1.30. The largest absolute Gasteiger partial charge is 0.256 e. The van der Waals surface area contributed by atoms with Gasteiger partial charge in [-0.05, 0) is 89.6 Å². The van der Waals surface area contributed by atoms with E-state index in [1.807, 2.05) is 12.3 Å². The molecular weight excluding hydrogens is 555 g/mol. The zero-order chi connectivity index (χ0) is 30.5. The number of aromatic nitrogens is 1.